The summed E-state index contributed by atoms with van der Waals surface area (Å²) in [5.74, 6) is 3.45. The third-order valence-electron chi connectivity index (χ3n) is 2.82. The lowest BCUT2D eigenvalue weighted by Gasteiger charge is -2.10. The molecule has 1 aromatic rings. The molecule has 0 amide bonds. The maximum absolute atomic E-state index is 13.1. The Bertz CT molecular complexity index is 580. The molecule has 1 nitrogen and oxygen atoms in total. The Labute approximate surface area is 117 Å². The molecule has 0 aromatic heterocycles. The second kappa shape index (κ2) is 5.09. The van der Waals surface area contributed by atoms with Gasteiger partial charge in [0.15, 0.2) is 7.14 Å². The van der Waals surface area contributed by atoms with Crippen molar-refractivity contribution in [2.24, 2.45) is 0 Å². The van der Waals surface area contributed by atoms with Crippen LogP contribution in [0.3, 0.4) is 0 Å². The van der Waals surface area contributed by atoms with Crippen LogP contribution in [0.15, 0.2) is 63.2 Å². The van der Waals surface area contributed by atoms with Gasteiger partial charge in [-0.3, -0.25) is 0 Å². The van der Waals surface area contributed by atoms with Crippen LogP contribution in [-0.4, -0.2) is 0 Å². The highest BCUT2D eigenvalue weighted by Crippen LogP contribution is 2.53. The van der Waals surface area contributed by atoms with E-state index in [1.54, 1.807) is 11.6 Å². The van der Waals surface area contributed by atoms with Gasteiger partial charge in [-0.2, -0.15) is 0 Å². The molecule has 18 heavy (non-hydrogen) atoms. The van der Waals surface area contributed by atoms with E-state index in [2.05, 4.69) is 0 Å². The molecule has 0 radical (unpaired) electrons. The van der Waals surface area contributed by atoms with Gasteiger partial charge in [0.05, 0.1) is 10.1 Å². The molecule has 0 bridgehead atoms. The first-order valence-corrected chi connectivity index (χ1v) is 8.14. The van der Waals surface area contributed by atoms with Gasteiger partial charge in [-0.15, -0.1) is 0 Å². The van der Waals surface area contributed by atoms with Crippen molar-refractivity contribution in [2.75, 3.05) is 0 Å². The van der Waals surface area contributed by atoms with Crippen molar-refractivity contribution in [3.05, 3.63) is 63.2 Å². The lowest BCUT2D eigenvalue weighted by Crippen LogP contribution is -2.00. The van der Waals surface area contributed by atoms with Crippen LogP contribution in [0.2, 0.25) is 0 Å². The van der Waals surface area contributed by atoms with Crippen molar-refractivity contribution >= 4 is 35.6 Å². The Kier molecular flexibility index (Phi) is 3.87. The number of benzene rings is 1. The number of hydrogen-bond acceptors (Lipinski definition) is 1. The van der Waals surface area contributed by atoms with Crippen LogP contribution in [0.4, 0.5) is 0 Å². The SMILES string of the molecule is CC1=CP(=O)(c2ccccc2)C=C(C)C(Cl)=C1Cl. The molecule has 0 saturated carbocycles. The second-order valence-electron chi connectivity index (χ2n) is 4.30. The van der Waals surface area contributed by atoms with Crippen molar-refractivity contribution in [3.63, 3.8) is 0 Å². The minimum Gasteiger partial charge on any atom is -0.310 e. The Balaban J connectivity index is 2.65. The van der Waals surface area contributed by atoms with E-state index < -0.39 is 7.14 Å². The molecular weight excluding hydrogens is 286 g/mol. The first-order valence-electron chi connectivity index (χ1n) is 5.54. The molecule has 0 unspecified atom stereocenters. The summed E-state index contributed by atoms with van der Waals surface area (Å²) in [6.07, 6.45) is 0. The summed E-state index contributed by atoms with van der Waals surface area (Å²) in [6, 6.07) is 9.38. The fraction of sp³-hybridized carbons (Fsp3) is 0.143. The zero-order chi connectivity index (χ0) is 13.3. The zero-order valence-corrected chi connectivity index (χ0v) is 12.6. The van der Waals surface area contributed by atoms with Crippen molar-refractivity contribution in [3.8, 4) is 0 Å². The summed E-state index contributed by atoms with van der Waals surface area (Å²) in [7, 11) is -2.73. The highest BCUT2D eigenvalue weighted by atomic mass is 35.5. The molecule has 0 aliphatic carbocycles. The van der Waals surface area contributed by atoms with Crippen molar-refractivity contribution < 1.29 is 4.57 Å². The van der Waals surface area contributed by atoms with Crippen LogP contribution in [0, 0.1) is 0 Å². The van der Waals surface area contributed by atoms with E-state index in [9.17, 15) is 4.57 Å². The van der Waals surface area contributed by atoms with Gasteiger partial charge in [0.1, 0.15) is 0 Å². The molecule has 0 N–H and O–H groups in total. The van der Waals surface area contributed by atoms with Gasteiger partial charge in [-0.1, -0.05) is 53.5 Å². The van der Waals surface area contributed by atoms with Gasteiger partial charge >= 0.3 is 0 Å². The maximum atomic E-state index is 13.1. The molecule has 4 heteroatoms. The molecule has 2 rings (SSSR count). The second-order valence-corrected chi connectivity index (χ2v) is 7.50. The lowest BCUT2D eigenvalue weighted by molar-refractivity contribution is 0.591. The third kappa shape index (κ3) is 2.49. The van der Waals surface area contributed by atoms with E-state index in [4.69, 9.17) is 23.2 Å². The van der Waals surface area contributed by atoms with Crippen LogP contribution in [0.1, 0.15) is 13.8 Å². The van der Waals surface area contributed by atoms with E-state index in [-0.39, 0.29) is 0 Å². The zero-order valence-electron chi connectivity index (χ0n) is 10.2. The molecule has 1 aliphatic heterocycles. The Hall–Kier alpha value is -0.750. The van der Waals surface area contributed by atoms with Crippen LogP contribution < -0.4 is 5.30 Å². The first-order chi connectivity index (χ1) is 8.44. The van der Waals surface area contributed by atoms with Gasteiger partial charge in [-0.25, -0.2) is 0 Å². The number of halogens is 2. The topological polar surface area (TPSA) is 17.1 Å². The van der Waals surface area contributed by atoms with Crippen molar-refractivity contribution in [2.45, 2.75) is 13.8 Å². The van der Waals surface area contributed by atoms with E-state index in [1.165, 1.54) is 0 Å². The fourth-order valence-corrected chi connectivity index (χ4v) is 4.86. The maximum Gasteiger partial charge on any atom is 0.157 e. The van der Waals surface area contributed by atoms with Gasteiger partial charge < -0.3 is 4.57 Å². The van der Waals surface area contributed by atoms with Crippen LogP contribution >= 0.6 is 30.3 Å². The van der Waals surface area contributed by atoms with Gasteiger partial charge in [0.25, 0.3) is 0 Å². The predicted octanol–water partition coefficient (Wildman–Crippen LogP) is 5.19. The molecule has 0 saturated heterocycles. The standard InChI is InChI=1S/C14H13Cl2OP/c1-10-8-18(17,12-6-4-3-5-7-12)9-11(2)14(16)13(10)15/h3-9H,1-2H3. The normalized spacial score (nSPS) is 19.1. The Morgan fingerprint density at radius 1 is 0.889 bits per heavy atom. The van der Waals surface area contributed by atoms with E-state index in [0.29, 0.717) is 10.1 Å². The van der Waals surface area contributed by atoms with Crippen LogP contribution in [-0.2, 0) is 4.57 Å². The Morgan fingerprint density at radius 2 is 1.33 bits per heavy atom. The average molecular weight is 299 g/mol. The summed E-state index contributed by atoms with van der Waals surface area (Å²) in [6.45, 7) is 3.65. The minimum absolute atomic E-state index is 0.471. The van der Waals surface area contributed by atoms with E-state index >= 15 is 0 Å². The van der Waals surface area contributed by atoms with Gasteiger partial charge in [-0.05, 0) is 36.6 Å². The molecule has 94 valence electrons. The van der Waals surface area contributed by atoms with E-state index in [0.717, 1.165) is 16.5 Å². The highest BCUT2D eigenvalue weighted by Gasteiger charge is 2.24. The predicted molar refractivity (Wildman–Crippen MR) is 79.9 cm³/mol. The average Bonchev–Trinajstić information content (AvgIpc) is 2.43. The summed E-state index contributed by atoms with van der Waals surface area (Å²) >= 11 is 12.3. The molecular formula is C14H13Cl2OP. The number of rotatable bonds is 1. The Morgan fingerprint density at radius 3 is 1.78 bits per heavy atom. The van der Waals surface area contributed by atoms with Crippen LogP contribution in [0.25, 0.3) is 0 Å². The van der Waals surface area contributed by atoms with Crippen LogP contribution in [0.5, 0.6) is 0 Å². The molecule has 0 fully saturated rings. The molecule has 1 heterocycles. The third-order valence-corrected chi connectivity index (χ3v) is 6.53. The highest BCUT2D eigenvalue weighted by molar-refractivity contribution is 7.77. The van der Waals surface area contributed by atoms with Gasteiger partial charge in [0, 0.05) is 5.30 Å². The van der Waals surface area contributed by atoms with Gasteiger partial charge in [0.2, 0.25) is 0 Å². The summed E-state index contributed by atoms with van der Waals surface area (Å²) < 4.78 is 13.1. The largest absolute Gasteiger partial charge is 0.310 e. The smallest absolute Gasteiger partial charge is 0.157 e. The fourth-order valence-electron chi connectivity index (χ4n) is 1.88. The number of hydrogen-bond donors (Lipinski definition) is 0. The summed E-state index contributed by atoms with van der Waals surface area (Å²) in [5, 5.41) is 1.73. The van der Waals surface area contributed by atoms with Crippen molar-refractivity contribution in [1.29, 1.82) is 0 Å². The molecule has 1 aromatic carbocycles. The first kappa shape index (κ1) is 13.7. The molecule has 1 aliphatic rings. The lowest BCUT2D eigenvalue weighted by atomic mass is 10.2. The quantitative estimate of drug-likeness (QED) is 0.652. The molecule has 0 spiro atoms. The number of allylic oxidation sites excluding steroid dienone is 4. The molecule has 0 atom stereocenters. The van der Waals surface area contributed by atoms with Crippen molar-refractivity contribution in [1.82, 2.24) is 0 Å². The monoisotopic (exact) mass is 298 g/mol. The summed E-state index contributed by atoms with van der Waals surface area (Å²) in [4.78, 5) is 0. The summed E-state index contributed by atoms with van der Waals surface area (Å²) in [5.41, 5.74) is 1.50. The van der Waals surface area contributed by atoms with E-state index in [1.807, 2.05) is 44.2 Å². The minimum atomic E-state index is -2.73.